The Morgan fingerprint density at radius 3 is 2.83 bits per heavy atom. The molecule has 24 heavy (non-hydrogen) atoms. The van der Waals surface area contributed by atoms with E-state index in [2.05, 4.69) is 26.8 Å². The Balaban J connectivity index is 1.76. The molecule has 1 aromatic rings. The molecule has 6 atom stereocenters. The third kappa shape index (κ3) is 2.05. The predicted octanol–water partition coefficient (Wildman–Crippen LogP) is 3.75. The highest BCUT2D eigenvalue weighted by Crippen LogP contribution is 2.63. The van der Waals surface area contributed by atoms with Crippen LogP contribution < -0.4 is 4.74 Å². The fraction of sp³-hybridized carbons (Fsp3) is 0.650. The Hall–Kier alpha value is -1.55. The lowest BCUT2D eigenvalue weighted by Crippen LogP contribution is -2.66. The van der Waals surface area contributed by atoms with Crippen LogP contribution in [-0.2, 0) is 14.3 Å². The zero-order valence-corrected chi connectivity index (χ0v) is 14.9. The molecule has 2 bridgehead atoms. The van der Waals surface area contributed by atoms with Gasteiger partial charge in [-0.1, -0.05) is 32.0 Å². The number of fused-ring (bicyclic) bond motifs is 3. The first kappa shape index (κ1) is 15.9. The van der Waals surface area contributed by atoms with Crippen LogP contribution in [0.4, 0.5) is 0 Å². The lowest BCUT2D eigenvalue weighted by Gasteiger charge is -2.63. The third-order valence-corrected chi connectivity index (χ3v) is 6.81. The Kier molecular flexibility index (Phi) is 3.47. The molecule has 130 valence electrons. The number of rotatable bonds is 2. The summed E-state index contributed by atoms with van der Waals surface area (Å²) in [5, 5.41) is 0. The molecule has 1 aromatic carbocycles. The van der Waals surface area contributed by atoms with E-state index < -0.39 is 0 Å². The van der Waals surface area contributed by atoms with Gasteiger partial charge in [0, 0.05) is 23.8 Å². The molecule has 0 spiro atoms. The van der Waals surface area contributed by atoms with E-state index >= 15 is 0 Å². The second-order valence-electron chi connectivity index (χ2n) is 8.12. The maximum Gasteiger partial charge on any atom is 0.302 e. The number of hydrogen-bond donors (Lipinski definition) is 0. The van der Waals surface area contributed by atoms with E-state index in [1.54, 1.807) is 0 Å². The molecule has 2 heterocycles. The summed E-state index contributed by atoms with van der Waals surface area (Å²) in [5.41, 5.74) is 0.794. The van der Waals surface area contributed by atoms with Crippen LogP contribution in [-0.4, -0.2) is 24.8 Å². The molecule has 0 amide bonds. The third-order valence-electron chi connectivity index (χ3n) is 6.81. The molecule has 1 aliphatic carbocycles. The number of carbonyl (C=O) groups is 1. The van der Waals surface area contributed by atoms with Crippen molar-refractivity contribution in [1.29, 1.82) is 0 Å². The molecular weight excluding hydrogens is 304 g/mol. The van der Waals surface area contributed by atoms with Crippen molar-refractivity contribution in [2.24, 2.45) is 23.2 Å². The molecule has 0 unspecified atom stereocenters. The van der Waals surface area contributed by atoms with E-state index in [1.807, 2.05) is 18.2 Å². The zero-order chi connectivity index (χ0) is 17.1. The van der Waals surface area contributed by atoms with E-state index in [0.717, 1.165) is 17.7 Å². The van der Waals surface area contributed by atoms with Crippen molar-refractivity contribution in [3.05, 3.63) is 29.8 Å². The molecule has 1 saturated carbocycles. The largest absolute Gasteiger partial charge is 0.487 e. The minimum atomic E-state index is -0.238. The molecule has 4 heteroatoms. The summed E-state index contributed by atoms with van der Waals surface area (Å²) in [7, 11) is 0. The average molecular weight is 330 g/mol. The van der Waals surface area contributed by atoms with Gasteiger partial charge >= 0.3 is 5.97 Å². The van der Waals surface area contributed by atoms with Crippen LogP contribution in [0.1, 0.15) is 45.8 Å². The first-order chi connectivity index (χ1) is 11.4. The summed E-state index contributed by atoms with van der Waals surface area (Å²) >= 11 is 0. The molecule has 3 aliphatic rings. The first-order valence-corrected chi connectivity index (χ1v) is 8.90. The van der Waals surface area contributed by atoms with Gasteiger partial charge in [-0.15, -0.1) is 0 Å². The van der Waals surface area contributed by atoms with Crippen molar-refractivity contribution in [2.45, 2.75) is 45.8 Å². The molecule has 0 N–H and O–H groups in total. The first-order valence-electron chi connectivity index (χ1n) is 8.90. The van der Waals surface area contributed by atoms with E-state index in [1.165, 1.54) is 6.92 Å². The second kappa shape index (κ2) is 5.22. The van der Waals surface area contributed by atoms with Crippen molar-refractivity contribution in [3.63, 3.8) is 0 Å². The smallest absolute Gasteiger partial charge is 0.302 e. The molecule has 0 aromatic heterocycles. The predicted molar refractivity (Wildman–Crippen MR) is 89.7 cm³/mol. The number of hydrogen-bond acceptors (Lipinski definition) is 4. The van der Waals surface area contributed by atoms with Gasteiger partial charge in [0.25, 0.3) is 0 Å². The minimum absolute atomic E-state index is 0.0629. The summed E-state index contributed by atoms with van der Waals surface area (Å²) in [4.78, 5) is 11.4. The van der Waals surface area contributed by atoms with Gasteiger partial charge in [-0.3, -0.25) is 4.79 Å². The summed E-state index contributed by atoms with van der Waals surface area (Å²) < 4.78 is 18.4. The van der Waals surface area contributed by atoms with Gasteiger partial charge in [0.15, 0.2) is 0 Å². The van der Waals surface area contributed by atoms with Crippen LogP contribution in [0, 0.1) is 23.2 Å². The van der Waals surface area contributed by atoms with E-state index in [9.17, 15) is 4.79 Å². The van der Waals surface area contributed by atoms with Crippen LogP contribution in [0.25, 0.3) is 0 Å². The highest BCUT2D eigenvalue weighted by Gasteiger charge is 2.64. The standard InChI is InChI=1S/C20H26O4/c1-12-9-19(4)17-13(2)20(12,10-22-14(3)21)11-23-18(17)15-7-5-6-8-16(15)24-19/h5-8,12-13,17-18H,9-11H2,1-4H3/t12-,13-,17+,18+,19+,20-/m0/s1. The Labute approximate surface area is 143 Å². The number of esters is 1. The second-order valence-corrected chi connectivity index (χ2v) is 8.12. The topological polar surface area (TPSA) is 44.8 Å². The highest BCUT2D eigenvalue weighted by atomic mass is 16.5. The Morgan fingerprint density at radius 2 is 2.08 bits per heavy atom. The van der Waals surface area contributed by atoms with Gasteiger partial charge in [0.2, 0.25) is 0 Å². The number of para-hydroxylation sites is 1. The van der Waals surface area contributed by atoms with Crippen molar-refractivity contribution in [3.8, 4) is 5.75 Å². The fourth-order valence-corrected chi connectivity index (χ4v) is 5.49. The lowest BCUT2D eigenvalue weighted by atomic mass is 9.50. The molecule has 2 aliphatic heterocycles. The highest BCUT2D eigenvalue weighted by molar-refractivity contribution is 5.65. The van der Waals surface area contributed by atoms with Crippen LogP contribution in [0.15, 0.2) is 24.3 Å². The average Bonchev–Trinajstić information content (AvgIpc) is 2.52. The van der Waals surface area contributed by atoms with Gasteiger partial charge in [-0.2, -0.15) is 0 Å². The molecular formula is C20H26O4. The van der Waals surface area contributed by atoms with Gasteiger partial charge in [0.1, 0.15) is 11.4 Å². The summed E-state index contributed by atoms with van der Waals surface area (Å²) in [5.74, 6) is 1.73. The van der Waals surface area contributed by atoms with Crippen LogP contribution in [0.2, 0.25) is 0 Å². The number of carbonyl (C=O) groups excluding carboxylic acids is 1. The van der Waals surface area contributed by atoms with Crippen molar-refractivity contribution < 1.29 is 19.0 Å². The van der Waals surface area contributed by atoms with E-state index in [4.69, 9.17) is 14.2 Å². The Morgan fingerprint density at radius 1 is 1.33 bits per heavy atom. The van der Waals surface area contributed by atoms with Crippen molar-refractivity contribution in [2.75, 3.05) is 13.2 Å². The number of benzene rings is 1. The molecule has 0 radical (unpaired) electrons. The molecule has 4 nitrogen and oxygen atoms in total. The van der Waals surface area contributed by atoms with Gasteiger partial charge < -0.3 is 14.2 Å². The normalized spacial score (nSPS) is 42.7. The zero-order valence-electron chi connectivity index (χ0n) is 14.9. The van der Waals surface area contributed by atoms with Gasteiger partial charge in [-0.25, -0.2) is 0 Å². The van der Waals surface area contributed by atoms with Crippen molar-refractivity contribution >= 4 is 5.97 Å². The monoisotopic (exact) mass is 330 g/mol. The van der Waals surface area contributed by atoms with Crippen LogP contribution in [0.5, 0.6) is 5.75 Å². The maximum atomic E-state index is 11.4. The molecule has 4 rings (SSSR count). The van der Waals surface area contributed by atoms with Crippen LogP contribution >= 0.6 is 0 Å². The maximum absolute atomic E-state index is 11.4. The van der Waals surface area contributed by atoms with Gasteiger partial charge in [0.05, 0.1) is 19.3 Å². The number of ether oxygens (including phenoxy) is 3. The summed E-state index contributed by atoms with van der Waals surface area (Å²) in [6, 6.07) is 8.23. The summed E-state index contributed by atoms with van der Waals surface area (Å²) in [6.45, 7) is 9.30. The van der Waals surface area contributed by atoms with E-state index in [-0.39, 0.29) is 29.0 Å². The van der Waals surface area contributed by atoms with Crippen molar-refractivity contribution in [1.82, 2.24) is 0 Å². The summed E-state index contributed by atoms with van der Waals surface area (Å²) in [6.07, 6.45) is 1.02. The molecule has 2 fully saturated rings. The fourth-order valence-electron chi connectivity index (χ4n) is 5.49. The van der Waals surface area contributed by atoms with Crippen LogP contribution in [0.3, 0.4) is 0 Å². The lowest BCUT2D eigenvalue weighted by molar-refractivity contribution is -0.261. The molecule has 1 saturated heterocycles. The minimum Gasteiger partial charge on any atom is -0.487 e. The SMILES string of the molecule is CC(=O)OC[C@]12CO[C@@H]3c4ccccc4O[C@](C)(C[C@@H]1C)[C@@H]3[C@@H]2C. The Bertz CT molecular complexity index is 671. The van der Waals surface area contributed by atoms with Gasteiger partial charge in [-0.05, 0) is 31.2 Å². The van der Waals surface area contributed by atoms with E-state index in [0.29, 0.717) is 25.0 Å². The quantitative estimate of drug-likeness (QED) is 0.775.